The lowest BCUT2D eigenvalue weighted by atomic mass is 9.96. The fraction of sp³-hybridized carbons (Fsp3) is 0.924. The van der Waals surface area contributed by atoms with E-state index in [1.807, 2.05) is 6.08 Å². The van der Waals surface area contributed by atoms with Gasteiger partial charge in [-0.05, 0) is 44.9 Å². The molecule has 1 amide bonds. The van der Waals surface area contributed by atoms with Gasteiger partial charge in [-0.2, -0.15) is 0 Å². The maximum absolute atomic E-state index is 13.2. The van der Waals surface area contributed by atoms with E-state index in [1.165, 1.54) is 186 Å². The van der Waals surface area contributed by atoms with Crippen LogP contribution in [0.3, 0.4) is 0 Å². The molecule has 0 saturated carbocycles. The highest BCUT2D eigenvalue weighted by molar-refractivity contribution is 5.76. The van der Waals surface area contributed by atoms with Crippen molar-refractivity contribution >= 4 is 5.91 Å². The number of hydrogen-bond donors (Lipinski definition) is 12. The largest absolute Gasteiger partial charge is 0.394 e. The van der Waals surface area contributed by atoms with Crippen LogP contribution in [-0.4, -0.2) is 193 Å². The quantitative estimate of drug-likeness (QED) is 0.0201. The Balaban J connectivity index is 1.25. The number of rotatable bonds is 52. The molecular formula is C66H123NO18. The van der Waals surface area contributed by atoms with Gasteiger partial charge in [-0.1, -0.05) is 231 Å². The van der Waals surface area contributed by atoms with E-state index < -0.39 is 124 Å². The molecule has 3 aliphatic rings. The first-order chi connectivity index (χ1) is 41.3. The summed E-state index contributed by atoms with van der Waals surface area (Å²) in [6, 6.07) is -0.966. The lowest BCUT2D eigenvalue weighted by Crippen LogP contribution is -2.66. The molecule has 0 aliphatic carbocycles. The third-order valence-corrected chi connectivity index (χ3v) is 17.2. The summed E-state index contributed by atoms with van der Waals surface area (Å²) in [5.74, 6) is -0.279. The number of unbranched alkanes of at least 4 members (excludes halogenated alkanes) is 34. The van der Waals surface area contributed by atoms with E-state index in [9.17, 15) is 61.0 Å². The van der Waals surface area contributed by atoms with Gasteiger partial charge in [0.15, 0.2) is 18.9 Å². The number of carbonyl (C=O) groups excluding carboxylic acids is 1. The molecule has 3 rings (SSSR count). The molecule has 0 radical (unpaired) electrons. The van der Waals surface area contributed by atoms with Gasteiger partial charge in [0.1, 0.15) is 73.2 Å². The fourth-order valence-corrected chi connectivity index (χ4v) is 11.7. The Morgan fingerprint density at radius 2 is 0.741 bits per heavy atom. The summed E-state index contributed by atoms with van der Waals surface area (Å²) in [5, 5.41) is 120. The van der Waals surface area contributed by atoms with Crippen LogP contribution in [0.15, 0.2) is 24.3 Å². The second-order valence-corrected chi connectivity index (χ2v) is 24.6. The zero-order valence-electron chi connectivity index (χ0n) is 52.6. The van der Waals surface area contributed by atoms with Crippen molar-refractivity contribution < 1.29 is 89.4 Å². The Morgan fingerprint density at radius 3 is 1.16 bits per heavy atom. The minimum absolute atomic E-state index is 0.246. The van der Waals surface area contributed by atoms with Crippen molar-refractivity contribution in [2.45, 2.75) is 362 Å². The van der Waals surface area contributed by atoms with E-state index in [0.717, 1.165) is 44.9 Å². The van der Waals surface area contributed by atoms with Crippen LogP contribution in [0.4, 0.5) is 0 Å². The maximum Gasteiger partial charge on any atom is 0.220 e. The second-order valence-electron chi connectivity index (χ2n) is 24.6. The van der Waals surface area contributed by atoms with Gasteiger partial charge in [-0.3, -0.25) is 4.79 Å². The summed E-state index contributed by atoms with van der Waals surface area (Å²) in [4.78, 5) is 13.2. The molecule has 0 aromatic carbocycles. The molecule has 500 valence electrons. The van der Waals surface area contributed by atoms with Crippen LogP contribution in [0.2, 0.25) is 0 Å². The Kier molecular flexibility index (Phi) is 44.7. The van der Waals surface area contributed by atoms with Crippen molar-refractivity contribution in [1.82, 2.24) is 5.32 Å². The van der Waals surface area contributed by atoms with Gasteiger partial charge in [0.25, 0.3) is 0 Å². The molecular weight excluding hydrogens is 1090 g/mol. The van der Waals surface area contributed by atoms with Crippen LogP contribution >= 0.6 is 0 Å². The molecule has 0 aromatic heterocycles. The third-order valence-electron chi connectivity index (χ3n) is 17.2. The van der Waals surface area contributed by atoms with Crippen LogP contribution in [0.25, 0.3) is 0 Å². The van der Waals surface area contributed by atoms with E-state index in [0.29, 0.717) is 6.42 Å². The Hall–Kier alpha value is -1.73. The van der Waals surface area contributed by atoms with Crippen molar-refractivity contribution in [3.8, 4) is 0 Å². The van der Waals surface area contributed by atoms with Crippen molar-refractivity contribution in [2.75, 3.05) is 26.4 Å². The summed E-state index contributed by atoms with van der Waals surface area (Å²) < 4.78 is 34.1. The number of hydrogen-bond acceptors (Lipinski definition) is 18. The molecule has 0 bridgehead atoms. The molecule has 17 atom stereocenters. The first-order valence-corrected chi connectivity index (χ1v) is 34.1. The topological polar surface area (TPSA) is 307 Å². The van der Waals surface area contributed by atoms with E-state index in [1.54, 1.807) is 6.08 Å². The highest BCUT2D eigenvalue weighted by atomic mass is 16.8. The monoisotopic (exact) mass is 1220 g/mol. The predicted octanol–water partition coefficient (Wildman–Crippen LogP) is 8.27. The highest BCUT2D eigenvalue weighted by Gasteiger charge is 2.53. The highest BCUT2D eigenvalue weighted by Crippen LogP contribution is 2.33. The van der Waals surface area contributed by atoms with Gasteiger partial charge in [0.05, 0.1) is 38.6 Å². The lowest BCUT2D eigenvalue weighted by Gasteiger charge is -2.48. The van der Waals surface area contributed by atoms with Crippen LogP contribution in [0.5, 0.6) is 0 Å². The van der Waals surface area contributed by atoms with Crippen LogP contribution in [-0.2, 0) is 33.2 Å². The number of aliphatic hydroxyl groups is 11. The van der Waals surface area contributed by atoms with Crippen molar-refractivity contribution in [3.05, 3.63) is 24.3 Å². The summed E-state index contributed by atoms with van der Waals surface area (Å²) in [5.41, 5.74) is 0. The van der Waals surface area contributed by atoms with Crippen molar-refractivity contribution in [2.24, 2.45) is 0 Å². The second kappa shape index (κ2) is 49.0. The number of nitrogens with one attached hydrogen (secondary N) is 1. The molecule has 19 nitrogen and oxygen atoms in total. The van der Waals surface area contributed by atoms with E-state index in [-0.39, 0.29) is 18.9 Å². The Morgan fingerprint density at radius 1 is 0.412 bits per heavy atom. The number of aliphatic hydroxyl groups excluding tert-OH is 11. The van der Waals surface area contributed by atoms with Crippen molar-refractivity contribution in [3.63, 3.8) is 0 Å². The standard InChI is InChI=1S/C66H123NO18/c1-3-5-7-9-10-11-12-13-14-15-16-17-18-19-20-21-22-23-24-25-26-27-28-29-30-31-32-33-34-35-36-37-38-40-42-44-54(72)67-49(50(71)43-41-39-8-6-4-2)48-80-64-60(78)57(75)62(52(46-69)82-64)85-66-61(79)58(76)63(53(47-70)83-66)84-65-59(77)56(74)55(73)51(45-68)81-65/h15-16,41,43,49-53,55-66,68-71,73-79H,3-14,17-40,42,44-48H2,1-2H3,(H,67,72)/b16-15-,43-41+. The van der Waals surface area contributed by atoms with Gasteiger partial charge in [0, 0.05) is 6.42 Å². The lowest BCUT2D eigenvalue weighted by molar-refractivity contribution is -0.379. The SMILES string of the molecule is CCCCC/C=C/C(O)C(COC1OC(CO)C(OC2OC(CO)C(OC3OC(CO)C(O)C(O)C3O)C(O)C2O)C(O)C1O)NC(=O)CCCCCCCCCCCCCCCCCCCCCCCCC/C=C\CCCCCCCCCC. The van der Waals surface area contributed by atoms with Gasteiger partial charge >= 0.3 is 0 Å². The average molecular weight is 1220 g/mol. The first kappa shape index (κ1) is 77.5. The minimum atomic E-state index is -1.97. The van der Waals surface area contributed by atoms with E-state index >= 15 is 0 Å². The Labute approximate surface area is 511 Å². The van der Waals surface area contributed by atoms with Gasteiger partial charge in [-0.15, -0.1) is 0 Å². The average Bonchev–Trinajstić information content (AvgIpc) is 1.93. The molecule has 0 spiro atoms. The van der Waals surface area contributed by atoms with Gasteiger partial charge in [0.2, 0.25) is 5.91 Å². The summed E-state index contributed by atoms with van der Waals surface area (Å²) in [6.45, 7) is 1.61. The smallest absolute Gasteiger partial charge is 0.220 e. The fourth-order valence-electron chi connectivity index (χ4n) is 11.7. The van der Waals surface area contributed by atoms with E-state index in [2.05, 4.69) is 31.3 Å². The number of carbonyl (C=O) groups is 1. The minimum Gasteiger partial charge on any atom is -0.394 e. The normalized spacial score (nSPS) is 29.1. The third kappa shape index (κ3) is 31.7. The molecule has 12 N–H and O–H groups in total. The molecule has 3 saturated heterocycles. The molecule has 17 unspecified atom stereocenters. The summed E-state index contributed by atoms with van der Waals surface area (Å²) in [6.07, 6.45) is 28.6. The summed E-state index contributed by atoms with van der Waals surface area (Å²) >= 11 is 0. The molecule has 3 heterocycles. The molecule has 85 heavy (non-hydrogen) atoms. The number of allylic oxidation sites excluding steroid dienone is 3. The zero-order valence-corrected chi connectivity index (χ0v) is 52.6. The van der Waals surface area contributed by atoms with E-state index in [4.69, 9.17) is 28.4 Å². The maximum atomic E-state index is 13.2. The van der Waals surface area contributed by atoms with Crippen LogP contribution in [0, 0.1) is 0 Å². The van der Waals surface area contributed by atoms with Crippen molar-refractivity contribution in [1.29, 1.82) is 0 Å². The zero-order chi connectivity index (χ0) is 61.9. The van der Waals surface area contributed by atoms with Gasteiger partial charge in [-0.25, -0.2) is 0 Å². The number of amides is 1. The van der Waals surface area contributed by atoms with Gasteiger partial charge < -0.3 is 89.9 Å². The molecule has 0 aromatic rings. The summed E-state index contributed by atoms with van der Waals surface area (Å²) in [7, 11) is 0. The Bertz CT molecular complexity index is 1640. The molecule has 3 fully saturated rings. The molecule has 19 heteroatoms. The first-order valence-electron chi connectivity index (χ1n) is 34.1. The molecule has 3 aliphatic heterocycles. The number of ether oxygens (including phenoxy) is 6. The van der Waals surface area contributed by atoms with Crippen LogP contribution in [0.1, 0.15) is 258 Å². The predicted molar refractivity (Wildman–Crippen MR) is 328 cm³/mol. The van der Waals surface area contributed by atoms with Crippen LogP contribution < -0.4 is 5.32 Å².